The Morgan fingerprint density at radius 1 is 1.28 bits per heavy atom. The fourth-order valence-corrected chi connectivity index (χ4v) is 3.69. The van der Waals surface area contributed by atoms with Crippen LogP contribution in [0.15, 0.2) is 59.8 Å². The highest BCUT2D eigenvalue weighted by Gasteiger charge is 2.35. The van der Waals surface area contributed by atoms with Crippen LogP contribution in [0, 0.1) is 0 Å². The second-order valence-corrected chi connectivity index (χ2v) is 7.05. The number of nitrogens with one attached hydrogen (secondary N) is 1. The summed E-state index contributed by atoms with van der Waals surface area (Å²) in [4.78, 5) is 17.0. The van der Waals surface area contributed by atoms with Crippen LogP contribution in [0.3, 0.4) is 0 Å². The summed E-state index contributed by atoms with van der Waals surface area (Å²) in [7, 11) is 0. The molecule has 1 aromatic heterocycles. The first kappa shape index (κ1) is 19.0. The number of aromatic nitrogens is 3. The van der Waals surface area contributed by atoms with Gasteiger partial charge in [-0.1, -0.05) is 41.9 Å². The molecule has 0 bridgehead atoms. The van der Waals surface area contributed by atoms with E-state index in [4.69, 9.17) is 22.1 Å². The number of nitrogens with zero attached hydrogens (tertiary/aromatic N) is 3. The van der Waals surface area contributed by atoms with Crippen molar-refractivity contribution < 1.29 is 9.53 Å². The van der Waals surface area contributed by atoms with Gasteiger partial charge in [0.1, 0.15) is 11.8 Å². The van der Waals surface area contributed by atoms with Crippen LogP contribution in [-0.2, 0) is 4.79 Å². The van der Waals surface area contributed by atoms with Crippen LogP contribution in [0.4, 0.5) is 5.95 Å². The summed E-state index contributed by atoms with van der Waals surface area (Å²) in [6, 6.07) is 14.3. The summed E-state index contributed by atoms with van der Waals surface area (Å²) in [6.07, 6.45) is 0. The van der Waals surface area contributed by atoms with E-state index in [1.54, 1.807) is 23.7 Å². The summed E-state index contributed by atoms with van der Waals surface area (Å²) in [5.41, 5.74) is 8.35. The van der Waals surface area contributed by atoms with Gasteiger partial charge < -0.3 is 15.8 Å². The molecule has 0 aliphatic carbocycles. The molecule has 1 unspecified atom stereocenters. The number of amides is 1. The molecule has 1 aliphatic heterocycles. The van der Waals surface area contributed by atoms with E-state index in [9.17, 15) is 4.79 Å². The minimum atomic E-state index is -0.563. The number of hydrogen-bond acceptors (Lipinski definition) is 5. The van der Waals surface area contributed by atoms with Crippen LogP contribution in [0.2, 0.25) is 5.02 Å². The molecule has 148 valence electrons. The number of anilines is 1. The number of ether oxygens (including phenoxy) is 1. The number of allylic oxidation sites excluding steroid dienone is 1. The molecule has 0 radical (unpaired) electrons. The molecular formula is C21H20ClN5O2. The zero-order valence-corrected chi connectivity index (χ0v) is 16.8. The van der Waals surface area contributed by atoms with E-state index in [0.717, 1.165) is 11.1 Å². The molecule has 4 rings (SSSR count). The molecule has 0 fully saturated rings. The van der Waals surface area contributed by atoms with E-state index in [1.165, 1.54) is 0 Å². The molecule has 2 aromatic carbocycles. The lowest BCUT2D eigenvalue weighted by atomic mass is 9.94. The fourth-order valence-electron chi connectivity index (χ4n) is 3.50. The number of para-hydroxylation sites is 1. The van der Waals surface area contributed by atoms with Crippen LogP contribution in [0.5, 0.6) is 5.75 Å². The monoisotopic (exact) mass is 409 g/mol. The van der Waals surface area contributed by atoms with E-state index in [-0.39, 0.29) is 0 Å². The third kappa shape index (κ3) is 3.45. The molecule has 0 saturated carbocycles. The molecule has 2 heterocycles. The van der Waals surface area contributed by atoms with Crippen molar-refractivity contribution in [2.75, 3.05) is 11.9 Å². The maximum absolute atomic E-state index is 12.4. The Morgan fingerprint density at radius 3 is 2.79 bits per heavy atom. The molecule has 29 heavy (non-hydrogen) atoms. The van der Waals surface area contributed by atoms with Crippen molar-refractivity contribution in [2.45, 2.75) is 19.9 Å². The lowest BCUT2D eigenvalue weighted by Gasteiger charge is -2.28. The van der Waals surface area contributed by atoms with Gasteiger partial charge in [-0.3, -0.25) is 4.79 Å². The van der Waals surface area contributed by atoms with Crippen LogP contribution in [-0.4, -0.2) is 27.3 Å². The van der Waals surface area contributed by atoms with E-state index >= 15 is 0 Å². The predicted octanol–water partition coefficient (Wildman–Crippen LogP) is 3.77. The van der Waals surface area contributed by atoms with Gasteiger partial charge in [-0.15, -0.1) is 5.10 Å². The Morgan fingerprint density at radius 2 is 2.07 bits per heavy atom. The van der Waals surface area contributed by atoms with E-state index in [1.807, 2.05) is 43.3 Å². The summed E-state index contributed by atoms with van der Waals surface area (Å²) < 4.78 is 7.47. The van der Waals surface area contributed by atoms with E-state index < -0.39 is 11.9 Å². The number of hydrogen-bond donors (Lipinski definition) is 2. The molecule has 0 spiro atoms. The van der Waals surface area contributed by atoms with Crippen molar-refractivity contribution in [3.05, 3.63) is 70.4 Å². The smallest absolute Gasteiger partial charge is 0.248 e. The minimum Gasteiger partial charge on any atom is -0.494 e. The average molecular weight is 410 g/mol. The topological polar surface area (TPSA) is 95.1 Å². The number of carbonyl (C=O) groups is 1. The number of nitrogens with two attached hydrogens (primary N) is 1. The Hall–Kier alpha value is -3.32. The maximum Gasteiger partial charge on any atom is 0.248 e. The van der Waals surface area contributed by atoms with Gasteiger partial charge in [0.2, 0.25) is 11.9 Å². The average Bonchev–Trinajstić information content (AvgIpc) is 3.11. The van der Waals surface area contributed by atoms with Gasteiger partial charge in [-0.2, -0.15) is 4.98 Å². The van der Waals surface area contributed by atoms with Crippen LogP contribution in [0.1, 0.15) is 25.5 Å². The van der Waals surface area contributed by atoms with Gasteiger partial charge in [-0.05, 0) is 32.0 Å². The number of primary amides is 1. The first-order valence-corrected chi connectivity index (χ1v) is 9.59. The highest BCUT2D eigenvalue weighted by molar-refractivity contribution is 6.30. The van der Waals surface area contributed by atoms with Gasteiger partial charge in [0, 0.05) is 21.8 Å². The molecule has 3 N–H and O–H groups in total. The van der Waals surface area contributed by atoms with Crippen LogP contribution >= 0.6 is 11.6 Å². The van der Waals surface area contributed by atoms with Crippen molar-refractivity contribution in [3.63, 3.8) is 0 Å². The Kier molecular flexibility index (Phi) is 4.98. The zero-order valence-electron chi connectivity index (χ0n) is 16.0. The highest BCUT2D eigenvalue weighted by Crippen LogP contribution is 2.39. The van der Waals surface area contributed by atoms with Gasteiger partial charge in [0.05, 0.1) is 12.2 Å². The van der Waals surface area contributed by atoms with Gasteiger partial charge >= 0.3 is 0 Å². The molecule has 8 heteroatoms. The largest absolute Gasteiger partial charge is 0.494 e. The first-order chi connectivity index (χ1) is 14.0. The van der Waals surface area contributed by atoms with Crippen LogP contribution in [0.25, 0.3) is 11.4 Å². The van der Waals surface area contributed by atoms with Gasteiger partial charge in [0.25, 0.3) is 0 Å². The van der Waals surface area contributed by atoms with Crippen LogP contribution < -0.4 is 15.8 Å². The summed E-state index contributed by atoms with van der Waals surface area (Å²) in [5.74, 6) is 1.14. The van der Waals surface area contributed by atoms with Crippen molar-refractivity contribution >= 4 is 23.5 Å². The molecule has 0 saturated heterocycles. The van der Waals surface area contributed by atoms with E-state index in [0.29, 0.717) is 40.4 Å². The van der Waals surface area contributed by atoms with Gasteiger partial charge in [0.15, 0.2) is 5.82 Å². The van der Waals surface area contributed by atoms with E-state index in [2.05, 4.69) is 15.4 Å². The quantitative estimate of drug-likeness (QED) is 0.668. The standard InChI is InChI=1S/C21H20ClN5O2/c1-3-29-16-10-5-4-9-15(16)18-17(19(23)28)12(2)24-21-25-20(26-27(18)21)13-7-6-8-14(22)11-13/h4-11,18H,3H2,1-2H3,(H2,23,28)(H,24,25,26). The number of carbonyl (C=O) groups excluding carboxylic acids is 1. The number of benzene rings is 2. The Balaban J connectivity index is 1.91. The third-order valence-electron chi connectivity index (χ3n) is 4.71. The Bertz CT molecular complexity index is 1120. The lowest BCUT2D eigenvalue weighted by Crippen LogP contribution is -2.32. The number of halogens is 1. The summed E-state index contributed by atoms with van der Waals surface area (Å²) in [6.45, 7) is 4.20. The first-order valence-electron chi connectivity index (χ1n) is 9.21. The summed E-state index contributed by atoms with van der Waals surface area (Å²) >= 11 is 6.13. The van der Waals surface area contributed by atoms with Crippen molar-refractivity contribution in [3.8, 4) is 17.1 Å². The molecule has 7 nitrogen and oxygen atoms in total. The molecule has 1 aliphatic rings. The predicted molar refractivity (Wildman–Crippen MR) is 112 cm³/mol. The minimum absolute atomic E-state index is 0.409. The van der Waals surface area contributed by atoms with Gasteiger partial charge in [-0.25, -0.2) is 4.68 Å². The zero-order chi connectivity index (χ0) is 20.5. The number of rotatable bonds is 5. The molecule has 1 atom stereocenters. The molecule has 1 amide bonds. The molecule has 3 aromatic rings. The highest BCUT2D eigenvalue weighted by atomic mass is 35.5. The SMILES string of the molecule is CCOc1ccccc1C1C(C(N)=O)=C(C)Nc2nc(-c3cccc(Cl)c3)nn21. The maximum atomic E-state index is 12.4. The fraction of sp³-hybridized carbons (Fsp3) is 0.190. The second kappa shape index (κ2) is 7.60. The van der Waals surface area contributed by atoms with Crippen molar-refractivity contribution in [1.29, 1.82) is 0 Å². The van der Waals surface area contributed by atoms with Crippen molar-refractivity contribution in [2.24, 2.45) is 5.73 Å². The van der Waals surface area contributed by atoms with Crippen molar-refractivity contribution in [1.82, 2.24) is 14.8 Å². The lowest BCUT2D eigenvalue weighted by molar-refractivity contribution is -0.115. The summed E-state index contributed by atoms with van der Waals surface area (Å²) in [5, 5.41) is 8.41. The Labute approximate surface area is 173 Å². The number of fused-ring (bicyclic) bond motifs is 1. The third-order valence-corrected chi connectivity index (χ3v) is 4.95. The normalized spacial score (nSPS) is 15.6. The second-order valence-electron chi connectivity index (χ2n) is 6.62. The molecular weight excluding hydrogens is 390 g/mol.